The van der Waals surface area contributed by atoms with Gasteiger partial charge in [-0.25, -0.2) is 0 Å². The lowest BCUT2D eigenvalue weighted by Crippen LogP contribution is -2.18. The lowest BCUT2D eigenvalue weighted by atomic mass is 9.98. The second kappa shape index (κ2) is 9.59. The lowest BCUT2D eigenvalue weighted by molar-refractivity contribution is 0.331. The van der Waals surface area contributed by atoms with Crippen molar-refractivity contribution in [3.05, 3.63) is 90.4 Å². The summed E-state index contributed by atoms with van der Waals surface area (Å²) in [6, 6.07) is 19.5. The summed E-state index contributed by atoms with van der Waals surface area (Å²) >= 11 is 0. The summed E-state index contributed by atoms with van der Waals surface area (Å²) < 4.78 is 0. The van der Waals surface area contributed by atoms with Crippen molar-refractivity contribution < 1.29 is 0 Å². The molecule has 154 valence electrons. The number of benzene rings is 2. The largest absolute Gasteiger partial charge is 0.388 e. The molecule has 0 radical (unpaired) electrons. The van der Waals surface area contributed by atoms with Gasteiger partial charge in [-0.15, -0.1) is 0 Å². The zero-order valence-corrected chi connectivity index (χ0v) is 17.7. The Kier molecular flexibility index (Phi) is 6.45. The van der Waals surface area contributed by atoms with Gasteiger partial charge >= 0.3 is 0 Å². The third kappa shape index (κ3) is 5.08. The molecule has 0 spiro atoms. The Hall–Kier alpha value is -3.11. The minimum Gasteiger partial charge on any atom is -0.388 e. The molecule has 0 unspecified atom stereocenters. The number of rotatable bonds is 8. The minimum atomic E-state index is 0.742. The molecule has 1 saturated heterocycles. The van der Waals surface area contributed by atoms with Crippen LogP contribution in [0.4, 0.5) is 11.4 Å². The normalized spacial score (nSPS) is 13.9. The van der Waals surface area contributed by atoms with Crippen molar-refractivity contribution in [1.82, 2.24) is 9.88 Å². The van der Waals surface area contributed by atoms with E-state index in [2.05, 4.69) is 69.6 Å². The number of hydrogen-bond acceptors (Lipinski definition) is 4. The Morgan fingerprint density at radius 1 is 1.03 bits per heavy atom. The summed E-state index contributed by atoms with van der Waals surface area (Å²) in [5.41, 5.74) is 8.14. The van der Waals surface area contributed by atoms with Gasteiger partial charge < -0.3 is 10.6 Å². The number of pyridine rings is 1. The van der Waals surface area contributed by atoms with Gasteiger partial charge in [0.15, 0.2) is 0 Å². The summed E-state index contributed by atoms with van der Waals surface area (Å²) in [6.07, 6.45) is 6.98. The van der Waals surface area contributed by atoms with Crippen LogP contribution in [0.25, 0.3) is 11.1 Å². The zero-order valence-electron chi connectivity index (χ0n) is 17.7. The van der Waals surface area contributed by atoms with E-state index < -0.39 is 0 Å². The van der Waals surface area contributed by atoms with Gasteiger partial charge in [0.25, 0.3) is 0 Å². The molecule has 2 heterocycles. The maximum Gasteiger partial charge on any atom is 0.0568 e. The fourth-order valence-electron chi connectivity index (χ4n) is 4.13. The first-order valence-corrected chi connectivity index (χ1v) is 10.7. The van der Waals surface area contributed by atoms with Crippen LogP contribution in [0.5, 0.6) is 0 Å². The Morgan fingerprint density at radius 2 is 1.87 bits per heavy atom. The maximum atomic E-state index is 4.22. The van der Waals surface area contributed by atoms with Gasteiger partial charge in [0.05, 0.1) is 11.9 Å². The fourth-order valence-corrected chi connectivity index (χ4v) is 4.13. The van der Waals surface area contributed by atoms with E-state index in [9.17, 15) is 0 Å². The van der Waals surface area contributed by atoms with E-state index >= 15 is 0 Å². The molecule has 1 aliphatic rings. The molecular weight excluding hydrogens is 368 g/mol. The molecule has 1 aliphatic heterocycles. The topological polar surface area (TPSA) is 40.2 Å². The van der Waals surface area contributed by atoms with Gasteiger partial charge in [-0.2, -0.15) is 0 Å². The quantitative estimate of drug-likeness (QED) is 0.522. The molecule has 30 heavy (non-hydrogen) atoms. The minimum absolute atomic E-state index is 0.742. The smallest absolute Gasteiger partial charge is 0.0568 e. The molecule has 0 atom stereocenters. The zero-order chi connectivity index (χ0) is 20.8. The molecule has 1 fully saturated rings. The number of anilines is 2. The number of nitrogens with one attached hydrogen (secondary N) is 2. The van der Waals surface area contributed by atoms with Gasteiger partial charge in [0, 0.05) is 37.6 Å². The fraction of sp³-hybridized carbons (Fsp3) is 0.269. The van der Waals surface area contributed by atoms with Gasteiger partial charge in [-0.1, -0.05) is 30.8 Å². The number of aromatic nitrogens is 1. The summed E-state index contributed by atoms with van der Waals surface area (Å²) in [6.45, 7) is 7.70. The highest BCUT2D eigenvalue weighted by atomic mass is 15.1. The number of likely N-dealkylation sites (tertiary alicyclic amines) is 1. The highest BCUT2D eigenvalue weighted by molar-refractivity contribution is 5.69. The van der Waals surface area contributed by atoms with Crippen LogP contribution in [0.2, 0.25) is 0 Å². The molecular formula is C26H30N4. The second-order valence-corrected chi connectivity index (χ2v) is 7.95. The van der Waals surface area contributed by atoms with Crippen molar-refractivity contribution in [2.24, 2.45) is 0 Å². The Bertz CT molecular complexity index is 991. The van der Waals surface area contributed by atoms with Crippen LogP contribution in [0.15, 0.2) is 79.3 Å². The molecule has 3 aromatic rings. The summed E-state index contributed by atoms with van der Waals surface area (Å²) in [5.74, 6) is 0. The SMILES string of the molecule is C=C(Cc1cc(-c2cccc(CN3CCCC3)c2)ccc1NC)Nc1cccnc1. The van der Waals surface area contributed by atoms with Gasteiger partial charge in [-0.05, 0) is 78.5 Å². The maximum absolute atomic E-state index is 4.22. The van der Waals surface area contributed by atoms with Gasteiger partial charge in [-0.3, -0.25) is 9.88 Å². The number of nitrogens with zero attached hydrogens (tertiary/aromatic N) is 2. The summed E-state index contributed by atoms with van der Waals surface area (Å²) in [4.78, 5) is 6.70. The Balaban J connectivity index is 1.52. The molecule has 0 amide bonds. The molecule has 2 aromatic carbocycles. The Morgan fingerprint density at radius 3 is 2.63 bits per heavy atom. The van der Waals surface area contributed by atoms with Crippen molar-refractivity contribution >= 4 is 11.4 Å². The van der Waals surface area contributed by atoms with E-state index in [4.69, 9.17) is 0 Å². The van der Waals surface area contributed by atoms with Crippen LogP contribution in [-0.4, -0.2) is 30.0 Å². The van der Waals surface area contributed by atoms with Crippen molar-refractivity contribution in [2.45, 2.75) is 25.8 Å². The average Bonchev–Trinajstić information content (AvgIpc) is 3.27. The van der Waals surface area contributed by atoms with Crippen LogP contribution in [-0.2, 0) is 13.0 Å². The standard InChI is InChI=1S/C26H30N4/c1-20(29-25-9-6-12-28-18-25)15-24-17-23(10-11-26(24)27-2)22-8-5-7-21(16-22)19-30-13-3-4-14-30/h5-12,16-18,27,29H,1,3-4,13-15,19H2,2H3. The van der Waals surface area contributed by atoms with E-state index in [-0.39, 0.29) is 0 Å². The summed E-state index contributed by atoms with van der Waals surface area (Å²) in [5, 5.41) is 6.68. The molecule has 2 N–H and O–H groups in total. The van der Waals surface area contributed by atoms with E-state index in [0.717, 1.165) is 30.0 Å². The first-order chi connectivity index (χ1) is 14.7. The first kappa shape index (κ1) is 20.2. The third-order valence-electron chi connectivity index (χ3n) is 5.63. The molecule has 4 heteroatoms. The highest BCUT2D eigenvalue weighted by Crippen LogP contribution is 2.28. The monoisotopic (exact) mass is 398 g/mol. The lowest BCUT2D eigenvalue weighted by Gasteiger charge is -2.16. The van der Waals surface area contributed by atoms with Gasteiger partial charge in [0.1, 0.15) is 0 Å². The predicted octanol–water partition coefficient (Wildman–Crippen LogP) is 5.55. The van der Waals surface area contributed by atoms with Crippen molar-refractivity contribution in [1.29, 1.82) is 0 Å². The molecule has 0 saturated carbocycles. The molecule has 4 rings (SSSR count). The van der Waals surface area contributed by atoms with E-state index in [1.54, 1.807) is 6.20 Å². The number of allylic oxidation sites excluding steroid dienone is 1. The van der Waals surface area contributed by atoms with Crippen LogP contribution in [0.3, 0.4) is 0 Å². The van der Waals surface area contributed by atoms with Crippen LogP contribution in [0, 0.1) is 0 Å². The number of hydrogen-bond donors (Lipinski definition) is 2. The van der Waals surface area contributed by atoms with Gasteiger partial charge in [0.2, 0.25) is 0 Å². The first-order valence-electron chi connectivity index (χ1n) is 10.7. The third-order valence-corrected chi connectivity index (χ3v) is 5.63. The average molecular weight is 399 g/mol. The summed E-state index contributed by atoms with van der Waals surface area (Å²) in [7, 11) is 1.96. The van der Waals surface area contributed by atoms with E-state index in [1.165, 1.54) is 48.2 Å². The van der Waals surface area contributed by atoms with Crippen molar-refractivity contribution in [3.8, 4) is 11.1 Å². The predicted molar refractivity (Wildman–Crippen MR) is 127 cm³/mol. The van der Waals surface area contributed by atoms with Crippen LogP contribution in [0.1, 0.15) is 24.0 Å². The van der Waals surface area contributed by atoms with Crippen molar-refractivity contribution in [2.75, 3.05) is 30.8 Å². The Labute approximate surface area is 179 Å². The van der Waals surface area contributed by atoms with Crippen LogP contribution >= 0.6 is 0 Å². The van der Waals surface area contributed by atoms with Crippen molar-refractivity contribution in [3.63, 3.8) is 0 Å². The van der Waals surface area contributed by atoms with Crippen LogP contribution < -0.4 is 10.6 Å². The highest BCUT2D eigenvalue weighted by Gasteiger charge is 2.12. The second-order valence-electron chi connectivity index (χ2n) is 7.95. The molecule has 0 bridgehead atoms. The molecule has 0 aliphatic carbocycles. The van der Waals surface area contributed by atoms with E-state index in [1.807, 2.05) is 25.4 Å². The van der Waals surface area contributed by atoms with E-state index in [0.29, 0.717) is 0 Å². The molecule has 1 aromatic heterocycles. The molecule has 4 nitrogen and oxygen atoms in total.